The van der Waals surface area contributed by atoms with E-state index in [9.17, 15) is 5.26 Å². The molecule has 8 nitrogen and oxygen atoms in total. The van der Waals surface area contributed by atoms with E-state index in [1.807, 2.05) is 121 Å². The van der Waals surface area contributed by atoms with Gasteiger partial charge in [-0.1, -0.05) is 231 Å². The smallest absolute Gasteiger partial charge is 0.187 e. The Morgan fingerprint density at radius 2 is 0.571 bits per heavy atom. The lowest BCUT2D eigenvalue weighted by Crippen LogP contribution is -2.04. The Balaban J connectivity index is 0.930. The van der Waals surface area contributed by atoms with Crippen molar-refractivity contribution in [3.05, 3.63) is 356 Å². The fraction of sp³-hybridized carbons (Fsp3) is 0. The normalized spacial score (nSPS) is 11.2. The number of rotatable bonds is 12. The molecule has 17 aromatic rings. The van der Waals surface area contributed by atoms with E-state index in [2.05, 4.69) is 231 Å². The second-order valence-corrected chi connectivity index (χ2v) is 24.4. The highest BCUT2D eigenvalue weighted by Crippen LogP contribution is 2.44. The lowest BCUT2D eigenvalue weighted by molar-refractivity contribution is 1.07. The Labute approximate surface area is 566 Å². The van der Waals surface area contributed by atoms with E-state index < -0.39 is 0 Å². The molecule has 0 aliphatic heterocycles. The molecule has 0 amide bonds. The monoisotopic (exact) mass is 1250 g/mol. The molecule has 14 aromatic carbocycles. The minimum absolute atomic E-state index is 0.404. The zero-order chi connectivity index (χ0) is 65.6. The van der Waals surface area contributed by atoms with Crippen LogP contribution in [0, 0.1) is 24.5 Å². The van der Waals surface area contributed by atoms with Gasteiger partial charge >= 0.3 is 0 Å². The van der Waals surface area contributed by atoms with Crippen LogP contribution in [-0.2, 0) is 0 Å². The van der Waals surface area contributed by atoms with Gasteiger partial charge in [-0.3, -0.25) is 0 Å². The first-order chi connectivity index (χ1) is 48.4. The van der Waals surface area contributed by atoms with Crippen molar-refractivity contribution < 1.29 is 0 Å². The van der Waals surface area contributed by atoms with Gasteiger partial charge in [-0.2, -0.15) is 5.26 Å². The van der Waals surface area contributed by atoms with E-state index in [0.29, 0.717) is 45.5 Å². The number of nitrogens with zero attached hydrogens (tertiary/aromatic N) is 8. The van der Waals surface area contributed by atoms with Crippen LogP contribution in [0.1, 0.15) is 5.56 Å². The summed E-state index contributed by atoms with van der Waals surface area (Å²) in [6.45, 7) is 16.0. The summed E-state index contributed by atoms with van der Waals surface area (Å²) in [6, 6.07) is 116. The summed E-state index contributed by atoms with van der Waals surface area (Å²) in [5, 5.41) is 14.9. The fourth-order valence-electron chi connectivity index (χ4n) is 13.9. The van der Waals surface area contributed by atoms with E-state index in [1.54, 1.807) is 0 Å². The molecule has 0 N–H and O–H groups in total. The minimum atomic E-state index is 0.404. The average Bonchev–Trinajstić information content (AvgIpc) is 1.56. The molecule has 0 unspecified atom stereocenters. The lowest BCUT2D eigenvalue weighted by Gasteiger charge is -2.18. The highest BCUT2D eigenvalue weighted by molar-refractivity contribution is 6.13. The zero-order valence-electron chi connectivity index (χ0n) is 52.8. The summed E-state index contributed by atoms with van der Waals surface area (Å²) < 4.78 is 4.67. The van der Waals surface area contributed by atoms with Crippen molar-refractivity contribution in [3.63, 3.8) is 0 Å². The van der Waals surface area contributed by atoms with Gasteiger partial charge in [-0.15, -0.1) is 0 Å². The second kappa shape index (κ2) is 24.6. The van der Waals surface area contributed by atoms with Crippen molar-refractivity contribution in [3.8, 4) is 129 Å². The van der Waals surface area contributed by atoms with Gasteiger partial charge in [-0.05, 0) is 175 Å². The Bertz CT molecular complexity index is 5610. The molecule has 0 aliphatic rings. The maximum atomic E-state index is 10.5. The van der Waals surface area contributed by atoms with Gasteiger partial charge in [0.15, 0.2) is 28.8 Å². The maximum absolute atomic E-state index is 10.5. The minimum Gasteiger partial charge on any atom is -0.309 e. The Kier molecular flexibility index (Phi) is 14.5. The van der Waals surface area contributed by atoms with Crippen LogP contribution in [-0.4, -0.2) is 24.1 Å². The standard InChI is InChI=1S/C90H54N8/c1-92-72-30-16-27-65(49-72)63-32-34-64(35-33-63)88-94-89(82-55-74(40-42-76(82)70-28-15-18-58(48-70)57-91)97-84-44-36-66(59-19-7-3-8-20-59)51-78(84)79-52-67(37-45-85(79)97)60-21-9-4-10-22-60)96-90(95-88)83-56-75(41-43-77(83)71-29-17-31-73(50-71)93-2)98-86-46-38-68(61-23-11-5-12-24-61)53-80(86)81-54-69(39-47-87(81)98)62-25-13-6-14-26-62/h3-56H. The van der Waals surface area contributed by atoms with Gasteiger partial charge in [0.05, 0.1) is 46.8 Å². The third-order valence-electron chi connectivity index (χ3n) is 18.6. The van der Waals surface area contributed by atoms with Gasteiger partial charge in [0.1, 0.15) is 0 Å². The third kappa shape index (κ3) is 10.6. The molecule has 0 bridgehead atoms. The quantitative estimate of drug-likeness (QED) is 0.114. The molecule has 0 saturated carbocycles. The van der Waals surface area contributed by atoms with Crippen molar-refractivity contribution >= 4 is 55.0 Å². The first-order valence-corrected chi connectivity index (χ1v) is 32.4. The van der Waals surface area contributed by atoms with Crippen molar-refractivity contribution in [2.75, 3.05) is 0 Å². The summed E-state index contributed by atoms with van der Waals surface area (Å²) in [6.07, 6.45) is 0. The predicted molar refractivity (Wildman–Crippen MR) is 400 cm³/mol. The van der Waals surface area contributed by atoms with E-state index in [1.165, 1.54) is 0 Å². The average molecular weight is 1250 g/mol. The second-order valence-electron chi connectivity index (χ2n) is 24.4. The molecule has 0 fully saturated rings. The van der Waals surface area contributed by atoms with E-state index in [-0.39, 0.29) is 0 Å². The Morgan fingerprint density at radius 3 is 0.969 bits per heavy atom. The molecule has 3 heterocycles. The number of nitriles is 1. The van der Waals surface area contributed by atoms with Crippen molar-refractivity contribution in [1.29, 1.82) is 5.26 Å². The molecule has 8 heteroatoms. The van der Waals surface area contributed by atoms with Gasteiger partial charge < -0.3 is 9.13 Å². The number of hydrogen-bond donors (Lipinski definition) is 0. The summed E-state index contributed by atoms with van der Waals surface area (Å²) in [5.74, 6) is 1.24. The van der Waals surface area contributed by atoms with Crippen molar-refractivity contribution in [2.45, 2.75) is 0 Å². The first-order valence-electron chi connectivity index (χ1n) is 32.4. The molecule has 0 radical (unpaired) electrons. The van der Waals surface area contributed by atoms with E-state index in [0.717, 1.165) is 138 Å². The number of aromatic nitrogens is 5. The van der Waals surface area contributed by atoms with Crippen LogP contribution >= 0.6 is 0 Å². The maximum Gasteiger partial charge on any atom is 0.187 e. The fourth-order valence-corrected chi connectivity index (χ4v) is 13.9. The van der Waals surface area contributed by atoms with Crippen LogP contribution in [0.4, 0.5) is 11.4 Å². The number of benzene rings is 14. The zero-order valence-corrected chi connectivity index (χ0v) is 52.8. The molecular weight excluding hydrogens is 1190 g/mol. The summed E-state index contributed by atoms with van der Waals surface area (Å²) in [4.78, 5) is 24.5. The van der Waals surface area contributed by atoms with Crippen molar-refractivity contribution in [2.24, 2.45) is 0 Å². The van der Waals surface area contributed by atoms with E-state index >= 15 is 0 Å². The van der Waals surface area contributed by atoms with Gasteiger partial charge in [-0.25, -0.2) is 24.6 Å². The van der Waals surface area contributed by atoms with Crippen LogP contribution in [0.15, 0.2) is 328 Å². The third-order valence-corrected chi connectivity index (χ3v) is 18.6. The molecule has 0 atom stereocenters. The summed E-state index contributed by atoms with van der Waals surface area (Å²) in [5.41, 5.74) is 23.7. The summed E-state index contributed by atoms with van der Waals surface area (Å²) >= 11 is 0. The molecule has 98 heavy (non-hydrogen) atoms. The van der Waals surface area contributed by atoms with Gasteiger partial charge in [0.25, 0.3) is 0 Å². The van der Waals surface area contributed by atoms with Crippen molar-refractivity contribution in [1.82, 2.24) is 24.1 Å². The Hall–Kier alpha value is -13.8. The van der Waals surface area contributed by atoms with Crippen LogP contribution in [0.5, 0.6) is 0 Å². The Morgan fingerprint density at radius 1 is 0.255 bits per heavy atom. The molecule has 0 saturated heterocycles. The van der Waals surface area contributed by atoms with E-state index in [4.69, 9.17) is 28.1 Å². The molecule has 0 spiro atoms. The van der Waals surface area contributed by atoms with Crippen LogP contribution < -0.4 is 0 Å². The topological polar surface area (TPSA) is 81.0 Å². The van der Waals surface area contributed by atoms with Crippen LogP contribution in [0.3, 0.4) is 0 Å². The highest BCUT2D eigenvalue weighted by atomic mass is 15.0. The number of hydrogen-bond acceptors (Lipinski definition) is 4. The van der Waals surface area contributed by atoms with Gasteiger partial charge in [0.2, 0.25) is 0 Å². The predicted octanol–water partition coefficient (Wildman–Crippen LogP) is 23.7. The van der Waals surface area contributed by atoms with Crippen LogP contribution in [0.2, 0.25) is 0 Å². The summed E-state index contributed by atoms with van der Waals surface area (Å²) in [7, 11) is 0. The highest BCUT2D eigenvalue weighted by Gasteiger charge is 2.24. The first kappa shape index (κ1) is 58.0. The molecule has 454 valence electrons. The molecule has 3 aromatic heterocycles. The van der Waals surface area contributed by atoms with Crippen LogP contribution in [0.25, 0.3) is 177 Å². The SMILES string of the molecule is [C-]#[N+]c1cccc(-c2ccc(-c3nc(-c4cc(-n5c6ccc(-c7ccccc7)cc6c6cc(-c7ccccc7)ccc65)ccc4-c4cccc(C#N)c4)nc(-c4cc(-n5c6ccc(-c7ccccc7)cc6c6cc(-c7ccccc7)ccc65)ccc4-c4cccc([N+]#[C-])c4)n3)cc2)c1. The lowest BCUT2D eigenvalue weighted by atomic mass is 9.96. The molecule has 17 rings (SSSR count). The molecule has 0 aliphatic carbocycles. The van der Waals surface area contributed by atoms with Gasteiger partial charge in [0, 0.05) is 49.6 Å². The number of fused-ring (bicyclic) bond motifs is 6. The largest absolute Gasteiger partial charge is 0.309 e. The molecular formula is C90H54N8.